The van der Waals surface area contributed by atoms with Crippen LogP contribution in [0.2, 0.25) is 0 Å². The third kappa shape index (κ3) is 1.99. The monoisotopic (exact) mass is 280 g/mol. The van der Waals surface area contributed by atoms with Gasteiger partial charge in [0.15, 0.2) is 11.5 Å². The second-order valence-corrected chi connectivity index (χ2v) is 4.21. The predicted octanol–water partition coefficient (Wildman–Crippen LogP) is 2.89. The molecular formula is C11H9BrN2O2. The number of aromatic nitrogens is 1. The molecule has 0 atom stereocenters. The van der Waals surface area contributed by atoms with Crippen LogP contribution in [0.3, 0.4) is 0 Å². The van der Waals surface area contributed by atoms with Crippen molar-refractivity contribution < 1.29 is 9.21 Å². The second kappa shape index (κ2) is 4.09. The zero-order valence-electron chi connectivity index (χ0n) is 8.53. The van der Waals surface area contributed by atoms with Gasteiger partial charge in [-0.2, -0.15) is 4.98 Å². The van der Waals surface area contributed by atoms with Gasteiger partial charge < -0.3 is 10.2 Å². The number of nitrogen functional groups attached to an aromatic ring is 1. The molecule has 4 nitrogen and oxygen atoms in total. The van der Waals surface area contributed by atoms with Crippen molar-refractivity contribution in [1.29, 1.82) is 0 Å². The summed E-state index contributed by atoms with van der Waals surface area (Å²) in [5.74, 6) is 0.00180. The normalized spacial score (nSPS) is 10.4. The van der Waals surface area contributed by atoms with Crippen LogP contribution in [0, 0.1) is 0 Å². The highest BCUT2D eigenvalue weighted by atomic mass is 79.9. The van der Waals surface area contributed by atoms with E-state index in [4.69, 9.17) is 10.2 Å². The van der Waals surface area contributed by atoms with E-state index in [1.54, 1.807) is 0 Å². The van der Waals surface area contributed by atoms with E-state index in [1.807, 2.05) is 24.3 Å². The van der Waals surface area contributed by atoms with Crippen LogP contribution < -0.4 is 5.73 Å². The minimum atomic E-state index is -0.192. The first kappa shape index (κ1) is 10.9. The largest absolute Gasteiger partial charge is 0.420 e. The third-order valence-corrected chi connectivity index (χ3v) is 2.61. The van der Waals surface area contributed by atoms with E-state index in [-0.39, 0.29) is 17.6 Å². The molecule has 0 aliphatic heterocycles. The van der Waals surface area contributed by atoms with Crippen molar-refractivity contribution in [3.8, 4) is 11.3 Å². The van der Waals surface area contributed by atoms with Crippen molar-refractivity contribution in [2.75, 3.05) is 5.73 Å². The fourth-order valence-corrected chi connectivity index (χ4v) is 1.64. The standard InChI is InChI=1S/C11H9BrN2O2/c1-6(15)10-9(14-11(13)16-10)7-2-4-8(12)5-3-7/h2-5H,1H3,(H2,13,14). The number of carbonyl (C=O) groups excluding carboxylic acids is 1. The number of benzene rings is 1. The first-order chi connectivity index (χ1) is 7.58. The summed E-state index contributed by atoms with van der Waals surface area (Å²) in [6.07, 6.45) is 0. The molecule has 1 aromatic carbocycles. The highest BCUT2D eigenvalue weighted by Gasteiger charge is 2.17. The number of nitrogens with two attached hydrogens (primary N) is 1. The summed E-state index contributed by atoms with van der Waals surface area (Å²) in [7, 11) is 0. The van der Waals surface area contributed by atoms with E-state index in [1.165, 1.54) is 6.92 Å². The molecule has 2 rings (SSSR count). The van der Waals surface area contributed by atoms with Gasteiger partial charge in [0.05, 0.1) is 0 Å². The summed E-state index contributed by atoms with van der Waals surface area (Å²) in [6, 6.07) is 7.42. The SMILES string of the molecule is CC(=O)c1oc(N)nc1-c1ccc(Br)cc1. The second-order valence-electron chi connectivity index (χ2n) is 3.29. The third-order valence-electron chi connectivity index (χ3n) is 2.08. The van der Waals surface area contributed by atoms with Crippen molar-refractivity contribution in [3.05, 3.63) is 34.5 Å². The zero-order chi connectivity index (χ0) is 11.7. The summed E-state index contributed by atoms with van der Waals surface area (Å²) < 4.78 is 6.02. The Morgan fingerprint density at radius 3 is 2.56 bits per heavy atom. The van der Waals surface area contributed by atoms with Crippen LogP contribution in [-0.4, -0.2) is 10.8 Å². The Morgan fingerprint density at radius 1 is 1.38 bits per heavy atom. The van der Waals surface area contributed by atoms with Crippen LogP contribution in [0.5, 0.6) is 0 Å². The van der Waals surface area contributed by atoms with E-state index >= 15 is 0 Å². The van der Waals surface area contributed by atoms with Crippen LogP contribution in [0.4, 0.5) is 6.01 Å². The maximum atomic E-state index is 11.3. The Labute approximate surface area is 101 Å². The van der Waals surface area contributed by atoms with Gasteiger partial charge in [-0.3, -0.25) is 4.79 Å². The number of nitrogens with zero attached hydrogens (tertiary/aromatic N) is 1. The van der Waals surface area contributed by atoms with Crippen molar-refractivity contribution in [1.82, 2.24) is 4.98 Å². The van der Waals surface area contributed by atoms with Gasteiger partial charge >= 0.3 is 0 Å². The van der Waals surface area contributed by atoms with E-state index in [9.17, 15) is 4.79 Å². The Hall–Kier alpha value is -1.62. The topological polar surface area (TPSA) is 69.1 Å². The van der Waals surface area contributed by atoms with Gasteiger partial charge in [-0.15, -0.1) is 0 Å². The smallest absolute Gasteiger partial charge is 0.293 e. The summed E-state index contributed by atoms with van der Waals surface area (Å²) in [4.78, 5) is 15.3. The first-order valence-electron chi connectivity index (χ1n) is 4.61. The van der Waals surface area contributed by atoms with E-state index in [2.05, 4.69) is 20.9 Å². The number of hydrogen-bond acceptors (Lipinski definition) is 4. The van der Waals surface area contributed by atoms with Crippen LogP contribution in [-0.2, 0) is 0 Å². The molecule has 1 heterocycles. The molecule has 0 saturated carbocycles. The molecular weight excluding hydrogens is 272 g/mol. The number of anilines is 1. The van der Waals surface area contributed by atoms with Crippen molar-refractivity contribution in [2.45, 2.75) is 6.92 Å². The number of ketones is 1. The molecule has 2 aromatic rings. The van der Waals surface area contributed by atoms with E-state index < -0.39 is 0 Å². The highest BCUT2D eigenvalue weighted by molar-refractivity contribution is 9.10. The van der Waals surface area contributed by atoms with E-state index in [0.717, 1.165) is 10.0 Å². The minimum absolute atomic E-state index is 0.00289. The Bertz CT molecular complexity index is 531. The molecule has 0 amide bonds. The quantitative estimate of drug-likeness (QED) is 0.859. The van der Waals surface area contributed by atoms with Crippen LogP contribution in [0.1, 0.15) is 17.5 Å². The Kier molecular flexibility index (Phi) is 2.78. The average Bonchev–Trinajstić information content (AvgIpc) is 2.61. The first-order valence-corrected chi connectivity index (χ1v) is 5.40. The minimum Gasteiger partial charge on any atom is -0.420 e. The van der Waals surface area contributed by atoms with Crippen LogP contribution in [0.15, 0.2) is 33.2 Å². The van der Waals surface area contributed by atoms with Crippen molar-refractivity contribution in [2.24, 2.45) is 0 Å². The Balaban J connectivity index is 2.55. The summed E-state index contributed by atoms with van der Waals surface area (Å²) >= 11 is 3.34. The lowest BCUT2D eigenvalue weighted by molar-refractivity contribution is 0.0989. The van der Waals surface area contributed by atoms with Crippen LogP contribution >= 0.6 is 15.9 Å². The molecule has 1 aromatic heterocycles. The average molecular weight is 281 g/mol. The number of oxazole rings is 1. The lowest BCUT2D eigenvalue weighted by atomic mass is 10.1. The number of rotatable bonds is 2. The van der Waals surface area contributed by atoms with Crippen molar-refractivity contribution in [3.63, 3.8) is 0 Å². The molecule has 0 unspecified atom stereocenters. The van der Waals surface area contributed by atoms with Crippen molar-refractivity contribution >= 4 is 27.7 Å². The molecule has 82 valence electrons. The number of hydrogen-bond donors (Lipinski definition) is 1. The lowest BCUT2D eigenvalue weighted by Gasteiger charge is -1.98. The van der Waals surface area contributed by atoms with E-state index in [0.29, 0.717) is 5.69 Å². The number of Topliss-reactive ketones (excluding diaryl/α,β-unsaturated/α-hetero) is 1. The lowest BCUT2D eigenvalue weighted by Crippen LogP contribution is -1.92. The fourth-order valence-electron chi connectivity index (χ4n) is 1.38. The van der Waals surface area contributed by atoms with Gasteiger partial charge in [-0.05, 0) is 12.1 Å². The number of halogens is 1. The Morgan fingerprint density at radius 2 is 2.00 bits per heavy atom. The predicted molar refractivity (Wildman–Crippen MR) is 64.1 cm³/mol. The van der Waals surface area contributed by atoms with Crippen LogP contribution in [0.25, 0.3) is 11.3 Å². The zero-order valence-corrected chi connectivity index (χ0v) is 10.1. The highest BCUT2D eigenvalue weighted by Crippen LogP contribution is 2.26. The molecule has 0 spiro atoms. The number of carbonyl (C=O) groups is 1. The molecule has 0 aliphatic rings. The van der Waals surface area contributed by atoms with Gasteiger partial charge in [0, 0.05) is 17.0 Å². The molecule has 0 bridgehead atoms. The summed E-state index contributed by atoms with van der Waals surface area (Å²) in [6.45, 7) is 1.42. The molecule has 0 aliphatic carbocycles. The van der Waals surface area contributed by atoms with Gasteiger partial charge in [0.1, 0.15) is 5.69 Å². The summed E-state index contributed by atoms with van der Waals surface area (Å²) in [5, 5.41) is 0. The maximum absolute atomic E-state index is 11.3. The molecule has 16 heavy (non-hydrogen) atoms. The summed E-state index contributed by atoms with van der Waals surface area (Å²) in [5.41, 5.74) is 6.73. The molecule has 5 heteroatoms. The maximum Gasteiger partial charge on any atom is 0.293 e. The molecule has 2 N–H and O–H groups in total. The fraction of sp³-hybridized carbons (Fsp3) is 0.0909. The van der Waals surface area contributed by atoms with Gasteiger partial charge in [-0.1, -0.05) is 28.1 Å². The van der Waals surface area contributed by atoms with Gasteiger partial charge in [0.2, 0.25) is 0 Å². The molecule has 0 radical (unpaired) electrons. The van der Waals surface area contributed by atoms with Gasteiger partial charge in [0.25, 0.3) is 6.01 Å². The molecule has 0 fully saturated rings. The molecule has 0 saturated heterocycles. The van der Waals surface area contributed by atoms with Gasteiger partial charge in [-0.25, -0.2) is 0 Å².